The van der Waals surface area contributed by atoms with Gasteiger partial charge in [0.2, 0.25) is 6.79 Å². The van der Waals surface area contributed by atoms with E-state index < -0.39 is 0 Å². The molecule has 0 saturated carbocycles. The molecule has 2 heterocycles. The lowest BCUT2D eigenvalue weighted by Gasteiger charge is -2.04. The molecule has 1 aromatic carbocycles. The van der Waals surface area contributed by atoms with Crippen LogP contribution in [0.5, 0.6) is 11.5 Å². The molecular weight excluding hydrogens is 236 g/mol. The Morgan fingerprint density at radius 3 is 2.88 bits per heavy atom. The van der Waals surface area contributed by atoms with Crippen LogP contribution in [-0.4, -0.2) is 18.4 Å². The van der Waals surface area contributed by atoms with Gasteiger partial charge in [-0.1, -0.05) is 0 Å². The first-order valence-electron chi connectivity index (χ1n) is 5.27. The van der Waals surface area contributed by atoms with E-state index in [2.05, 4.69) is 14.9 Å². The summed E-state index contributed by atoms with van der Waals surface area (Å²) >= 11 is 1.63. The number of rotatable bonds is 1. The van der Waals surface area contributed by atoms with Gasteiger partial charge in [-0.25, -0.2) is 0 Å². The van der Waals surface area contributed by atoms with Crippen molar-refractivity contribution in [1.82, 2.24) is 4.57 Å². The summed E-state index contributed by atoms with van der Waals surface area (Å²) in [5, 5.41) is 2.10. The van der Waals surface area contributed by atoms with E-state index in [0.717, 1.165) is 27.6 Å². The normalized spacial score (nSPS) is 14.4. The fourth-order valence-electron chi connectivity index (χ4n) is 1.89. The average molecular weight is 248 g/mol. The fraction of sp³-hybridized carbons (Fsp3) is 0.250. The zero-order valence-electron chi connectivity index (χ0n) is 9.64. The predicted octanol–water partition coefficient (Wildman–Crippen LogP) is 2.01. The molecule has 1 aliphatic rings. The summed E-state index contributed by atoms with van der Waals surface area (Å²) in [6.07, 6.45) is 0. The van der Waals surface area contributed by atoms with Crippen molar-refractivity contribution in [2.75, 3.05) is 13.8 Å². The summed E-state index contributed by atoms with van der Waals surface area (Å²) in [5.74, 6) is 1.62. The molecule has 0 atom stereocenters. The lowest BCUT2D eigenvalue weighted by Crippen LogP contribution is -2.10. The summed E-state index contributed by atoms with van der Waals surface area (Å²) in [4.78, 5) is 5.21. The van der Waals surface area contributed by atoms with Crippen molar-refractivity contribution in [3.63, 3.8) is 0 Å². The molecule has 0 bridgehead atoms. The van der Waals surface area contributed by atoms with E-state index in [4.69, 9.17) is 9.47 Å². The second-order valence-corrected chi connectivity index (χ2v) is 4.59. The van der Waals surface area contributed by atoms with Gasteiger partial charge in [0.05, 0.1) is 5.69 Å². The molecule has 3 rings (SSSR count). The predicted molar refractivity (Wildman–Crippen MR) is 66.3 cm³/mol. The Morgan fingerprint density at radius 1 is 1.29 bits per heavy atom. The van der Waals surface area contributed by atoms with Crippen LogP contribution in [0.2, 0.25) is 0 Å². The van der Waals surface area contributed by atoms with Crippen LogP contribution in [0.1, 0.15) is 0 Å². The van der Waals surface area contributed by atoms with Crippen LogP contribution in [0.4, 0.5) is 0 Å². The second kappa shape index (κ2) is 3.92. The number of hydrogen-bond donors (Lipinski definition) is 0. The highest BCUT2D eigenvalue weighted by molar-refractivity contribution is 7.07. The maximum absolute atomic E-state index is 5.38. The van der Waals surface area contributed by atoms with Crippen molar-refractivity contribution in [2.45, 2.75) is 0 Å². The molecule has 0 amide bonds. The summed E-state index contributed by atoms with van der Waals surface area (Å²) in [6.45, 7) is 0.310. The van der Waals surface area contributed by atoms with Crippen molar-refractivity contribution >= 4 is 11.3 Å². The van der Waals surface area contributed by atoms with Gasteiger partial charge in [0, 0.05) is 25.0 Å². The molecule has 0 aliphatic carbocycles. The summed E-state index contributed by atoms with van der Waals surface area (Å²) in [7, 11) is 3.81. The highest BCUT2D eigenvalue weighted by atomic mass is 32.1. The average Bonchev–Trinajstić information content (AvgIpc) is 2.94. The Bertz CT molecular complexity index is 628. The zero-order chi connectivity index (χ0) is 11.8. The standard InChI is InChI=1S/C12H12N2O2S/c1-13-12-14(2)9(6-17-12)8-3-4-10-11(5-8)16-7-15-10/h3-6H,7H2,1-2H3. The number of ether oxygens (including phenoxy) is 2. The fourth-order valence-corrected chi connectivity index (χ4v) is 2.76. The van der Waals surface area contributed by atoms with Crippen LogP contribution in [0.15, 0.2) is 28.6 Å². The van der Waals surface area contributed by atoms with Gasteiger partial charge in [0.15, 0.2) is 16.3 Å². The first-order chi connectivity index (χ1) is 8.29. The van der Waals surface area contributed by atoms with E-state index in [9.17, 15) is 0 Å². The van der Waals surface area contributed by atoms with Gasteiger partial charge in [-0.05, 0) is 18.2 Å². The Hall–Kier alpha value is -1.75. The highest BCUT2D eigenvalue weighted by Crippen LogP contribution is 2.35. The minimum absolute atomic E-state index is 0.310. The summed E-state index contributed by atoms with van der Waals surface area (Å²) in [6, 6.07) is 5.98. The molecule has 88 valence electrons. The molecular formula is C12H12N2O2S. The molecule has 5 heteroatoms. The number of thiazole rings is 1. The molecule has 4 nitrogen and oxygen atoms in total. The number of benzene rings is 1. The van der Waals surface area contributed by atoms with Crippen molar-refractivity contribution in [1.29, 1.82) is 0 Å². The molecule has 1 aliphatic heterocycles. The molecule has 17 heavy (non-hydrogen) atoms. The Labute approximate surface area is 103 Å². The molecule has 0 spiro atoms. The lowest BCUT2D eigenvalue weighted by molar-refractivity contribution is 0.174. The third kappa shape index (κ3) is 1.63. The molecule has 1 aromatic heterocycles. The molecule has 0 fully saturated rings. The van der Waals surface area contributed by atoms with E-state index in [1.54, 1.807) is 18.4 Å². The first kappa shape index (κ1) is 10.4. The molecule has 2 aromatic rings. The second-order valence-electron chi connectivity index (χ2n) is 3.75. The number of fused-ring (bicyclic) bond motifs is 1. The number of nitrogens with zero attached hydrogens (tertiary/aromatic N) is 2. The summed E-state index contributed by atoms with van der Waals surface area (Å²) < 4.78 is 12.8. The third-order valence-corrected chi connectivity index (χ3v) is 3.79. The largest absolute Gasteiger partial charge is 0.454 e. The van der Waals surface area contributed by atoms with Crippen LogP contribution in [0.3, 0.4) is 0 Å². The Balaban J connectivity index is 2.13. The SMILES string of the molecule is CN=c1scc(-c2ccc3c(c2)OCO3)n1C. The number of hydrogen-bond acceptors (Lipinski definition) is 4. The zero-order valence-corrected chi connectivity index (χ0v) is 10.5. The van der Waals surface area contributed by atoms with Gasteiger partial charge >= 0.3 is 0 Å². The van der Waals surface area contributed by atoms with Gasteiger partial charge < -0.3 is 14.0 Å². The van der Waals surface area contributed by atoms with Crippen molar-refractivity contribution in [3.8, 4) is 22.8 Å². The van der Waals surface area contributed by atoms with Crippen LogP contribution in [0, 0.1) is 0 Å². The monoisotopic (exact) mass is 248 g/mol. The van der Waals surface area contributed by atoms with Gasteiger partial charge in [0.25, 0.3) is 0 Å². The molecule has 0 N–H and O–H groups in total. The minimum atomic E-state index is 0.310. The van der Waals surface area contributed by atoms with E-state index in [0.29, 0.717) is 6.79 Å². The van der Waals surface area contributed by atoms with E-state index in [1.807, 2.05) is 25.2 Å². The molecule has 0 radical (unpaired) electrons. The van der Waals surface area contributed by atoms with E-state index >= 15 is 0 Å². The van der Waals surface area contributed by atoms with Gasteiger partial charge in [0.1, 0.15) is 0 Å². The molecule has 0 saturated heterocycles. The smallest absolute Gasteiger partial charge is 0.231 e. The Kier molecular flexibility index (Phi) is 2.40. The van der Waals surface area contributed by atoms with Crippen LogP contribution >= 0.6 is 11.3 Å². The number of aromatic nitrogens is 1. The first-order valence-corrected chi connectivity index (χ1v) is 6.15. The minimum Gasteiger partial charge on any atom is -0.454 e. The van der Waals surface area contributed by atoms with E-state index in [1.165, 1.54) is 0 Å². The van der Waals surface area contributed by atoms with Crippen LogP contribution in [-0.2, 0) is 7.05 Å². The maximum atomic E-state index is 5.38. The topological polar surface area (TPSA) is 35.8 Å². The molecule has 0 unspecified atom stereocenters. The van der Waals surface area contributed by atoms with Crippen molar-refractivity contribution < 1.29 is 9.47 Å². The van der Waals surface area contributed by atoms with Crippen LogP contribution in [0.25, 0.3) is 11.3 Å². The highest BCUT2D eigenvalue weighted by Gasteiger charge is 2.15. The van der Waals surface area contributed by atoms with Gasteiger partial charge in [-0.3, -0.25) is 4.99 Å². The summed E-state index contributed by atoms with van der Waals surface area (Å²) in [5.41, 5.74) is 2.25. The third-order valence-electron chi connectivity index (χ3n) is 2.78. The Morgan fingerprint density at radius 2 is 2.12 bits per heavy atom. The van der Waals surface area contributed by atoms with Crippen molar-refractivity contribution in [2.24, 2.45) is 12.0 Å². The lowest BCUT2D eigenvalue weighted by atomic mass is 10.1. The van der Waals surface area contributed by atoms with Gasteiger partial charge in [-0.15, -0.1) is 11.3 Å². The van der Waals surface area contributed by atoms with Crippen LogP contribution < -0.4 is 14.3 Å². The van der Waals surface area contributed by atoms with E-state index in [-0.39, 0.29) is 0 Å². The maximum Gasteiger partial charge on any atom is 0.231 e. The quantitative estimate of drug-likeness (QED) is 0.774. The van der Waals surface area contributed by atoms with Gasteiger partial charge in [-0.2, -0.15) is 0 Å². The van der Waals surface area contributed by atoms with Crippen molar-refractivity contribution in [3.05, 3.63) is 28.4 Å².